The van der Waals surface area contributed by atoms with Crippen molar-refractivity contribution in [2.45, 2.75) is 45.7 Å². The number of aromatic hydroxyl groups is 1. The first-order valence-corrected chi connectivity index (χ1v) is 8.37. The van der Waals surface area contributed by atoms with Gasteiger partial charge in [0.1, 0.15) is 17.5 Å². The first-order valence-electron chi connectivity index (χ1n) is 8.37. The molecule has 6 heteroatoms. The largest absolute Gasteiger partial charge is 0.508 e. The van der Waals surface area contributed by atoms with Gasteiger partial charge in [-0.1, -0.05) is 26.0 Å². The zero-order valence-corrected chi connectivity index (χ0v) is 14.8. The molecule has 1 aromatic carbocycles. The lowest BCUT2D eigenvalue weighted by Gasteiger charge is -2.41. The van der Waals surface area contributed by atoms with E-state index in [1.54, 1.807) is 24.3 Å². The molecular formula is C19H25NO5. The molecule has 3 atom stereocenters. The number of hydrogen-bond donors (Lipinski definition) is 3. The highest BCUT2D eigenvalue weighted by molar-refractivity contribution is 6.22. The topological polar surface area (TPSA) is 104 Å². The maximum atomic E-state index is 12.7. The molecule has 1 aliphatic carbocycles. The quantitative estimate of drug-likeness (QED) is 0.664. The maximum absolute atomic E-state index is 12.7. The van der Waals surface area contributed by atoms with Crippen LogP contribution >= 0.6 is 0 Å². The van der Waals surface area contributed by atoms with E-state index in [0.717, 1.165) is 5.56 Å². The molecule has 1 saturated carbocycles. The van der Waals surface area contributed by atoms with Gasteiger partial charge < -0.3 is 15.5 Å². The molecule has 0 saturated heterocycles. The van der Waals surface area contributed by atoms with Gasteiger partial charge in [0, 0.05) is 12.5 Å². The number of nitrogens with one attached hydrogen (secondary N) is 1. The number of carbonyl (C=O) groups excluding carboxylic acids is 3. The smallest absolute Gasteiger partial charge is 0.168 e. The highest BCUT2D eigenvalue weighted by Gasteiger charge is 2.49. The van der Waals surface area contributed by atoms with Crippen LogP contribution in [0.5, 0.6) is 5.75 Å². The van der Waals surface area contributed by atoms with Crippen LogP contribution in [0, 0.1) is 11.3 Å². The van der Waals surface area contributed by atoms with E-state index < -0.39 is 35.0 Å². The number of carbonyl (C=O) groups is 3. The minimum atomic E-state index is -1.21. The van der Waals surface area contributed by atoms with Gasteiger partial charge in [0.05, 0.1) is 12.6 Å². The molecule has 0 spiro atoms. The van der Waals surface area contributed by atoms with Gasteiger partial charge in [-0.2, -0.15) is 0 Å². The molecule has 0 aliphatic heterocycles. The van der Waals surface area contributed by atoms with Crippen LogP contribution in [0.3, 0.4) is 0 Å². The first kappa shape index (κ1) is 19.3. The van der Waals surface area contributed by atoms with Crippen LogP contribution < -0.4 is 5.32 Å². The van der Waals surface area contributed by atoms with Gasteiger partial charge in [0.2, 0.25) is 0 Å². The van der Waals surface area contributed by atoms with E-state index in [-0.39, 0.29) is 24.6 Å². The van der Waals surface area contributed by atoms with Crippen molar-refractivity contribution in [2.24, 2.45) is 11.3 Å². The first-order chi connectivity index (χ1) is 11.7. The number of ketones is 3. The lowest BCUT2D eigenvalue weighted by molar-refractivity contribution is -0.147. The third-order valence-electron chi connectivity index (χ3n) is 4.75. The minimum Gasteiger partial charge on any atom is -0.508 e. The molecule has 0 radical (unpaired) electrons. The summed E-state index contributed by atoms with van der Waals surface area (Å²) in [6.45, 7) is 4.69. The summed E-state index contributed by atoms with van der Waals surface area (Å²) in [5, 5.41) is 22.2. The highest BCUT2D eigenvalue weighted by atomic mass is 16.3. The summed E-state index contributed by atoms with van der Waals surface area (Å²) in [6.07, 6.45) is 0.591. The molecule has 136 valence electrons. The van der Waals surface area contributed by atoms with E-state index in [2.05, 4.69) is 5.32 Å². The Balaban J connectivity index is 2.18. The lowest BCUT2D eigenvalue weighted by atomic mass is 9.66. The average Bonchev–Trinajstić information content (AvgIpc) is 2.50. The zero-order chi connectivity index (χ0) is 18.8. The standard InChI is InChI=1S/C19H25NO5/c1-11(22)16-15(24)9-19(2,3)18(17(16)25)20-13(10-21)8-12-4-6-14(23)7-5-12/h4-7,13,16,18,20-21,23H,8-10H2,1-3H3/t13-,16?,18?/m0/s1. The molecule has 2 unspecified atom stereocenters. The zero-order valence-electron chi connectivity index (χ0n) is 14.8. The normalized spacial score (nSPS) is 24.2. The molecule has 0 amide bonds. The van der Waals surface area contributed by atoms with Gasteiger partial charge in [-0.25, -0.2) is 0 Å². The summed E-state index contributed by atoms with van der Waals surface area (Å²) >= 11 is 0. The van der Waals surface area contributed by atoms with Gasteiger partial charge in [0.25, 0.3) is 0 Å². The molecule has 0 aromatic heterocycles. The second-order valence-electron chi connectivity index (χ2n) is 7.43. The van der Waals surface area contributed by atoms with Gasteiger partial charge in [-0.15, -0.1) is 0 Å². The summed E-state index contributed by atoms with van der Waals surface area (Å²) in [7, 11) is 0. The predicted octanol–water partition coefficient (Wildman–Crippen LogP) is 1.03. The second kappa shape index (κ2) is 7.45. The number of benzene rings is 1. The van der Waals surface area contributed by atoms with Gasteiger partial charge >= 0.3 is 0 Å². The Morgan fingerprint density at radius 2 is 1.88 bits per heavy atom. The van der Waals surface area contributed by atoms with E-state index in [0.29, 0.717) is 6.42 Å². The molecule has 1 aromatic rings. The highest BCUT2D eigenvalue weighted by Crippen LogP contribution is 2.35. The van der Waals surface area contributed by atoms with Gasteiger partial charge in [-0.3, -0.25) is 14.4 Å². The molecule has 0 bridgehead atoms. The van der Waals surface area contributed by atoms with Crippen LogP contribution in [0.25, 0.3) is 0 Å². The SMILES string of the molecule is CC(=O)C1C(=O)CC(C)(C)C(N[C@H](CO)Cc2ccc(O)cc2)C1=O. The third kappa shape index (κ3) is 4.32. The van der Waals surface area contributed by atoms with Crippen molar-refractivity contribution in [3.63, 3.8) is 0 Å². The summed E-state index contributed by atoms with van der Waals surface area (Å²) in [6, 6.07) is 5.52. The minimum absolute atomic E-state index is 0.137. The van der Waals surface area contributed by atoms with Crippen molar-refractivity contribution >= 4 is 17.3 Å². The summed E-state index contributed by atoms with van der Waals surface area (Å²) in [4.78, 5) is 36.6. The lowest BCUT2D eigenvalue weighted by Crippen LogP contribution is -2.60. The van der Waals surface area contributed by atoms with E-state index in [1.165, 1.54) is 6.92 Å². The Hall–Kier alpha value is -2.05. The van der Waals surface area contributed by atoms with E-state index in [9.17, 15) is 24.6 Å². The summed E-state index contributed by atoms with van der Waals surface area (Å²) < 4.78 is 0. The van der Waals surface area contributed by atoms with Crippen molar-refractivity contribution in [2.75, 3.05) is 6.61 Å². The fraction of sp³-hybridized carbons (Fsp3) is 0.526. The van der Waals surface area contributed by atoms with E-state index in [1.807, 2.05) is 13.8 Å². The Labute approximate surface area is 147 Å². The Morgan fingerprint density at radius 1 is 1.28 bits per heavy atom. The fourth-order valence-electron chi connectivity index (χ4n) is 3.43. The van der Waals surface area contributed by atoms with E-state index >= 15 is 0 Å². The monoisotopic (exact) mass is 347 g/mol. The van der Waals surface area contributed by atoms with Gasteiger partial charge in [-0.05, 0) is 36.5 Å². The molecule has 6 nitrogen and oxygen atoms in total. The van der Waals surface area contributed by atoms with Crippen molar-refractivity contribution in [1.29, 1.82) is 0 Å². The molecule has 3 N–H and O–H groups in total. The Bertz CT molecular complexity index is 665. The predicted molar refractivity (Wildman–Crippen MR) is 92.2 cm³/mol. The number of phenols is 1. The number of aliphatic hydroxyl groups is 1. The molecular weight excluding hydrogens is 322 g/mol. The Kier molecular flexibility index (Phi) is 5.75. The van der Waals surface area contributed by atoms with Crippen LogP contribution in [-0.2, 0) is 20.8 Å². The average molecular weight is 347 g/mol. The summed E-state index contributed by atoms with van der Waals surface area (Å²) in [5.74, 6) is -2.24. The van der Waals surface area contributed by atoms with Gasteiger partial charge in [0.15, 0.2) is 11.6 Å². The molecule has 25 heavy (non-hydrogen) atoms. The molecule has 0 heterocycles. The van der Waals surface area contributed by atoms with Crippen LogP contribution in [-0.4, -0.2) is 46.3 Å². The number of phenolic OH excluding ortho intramolecular Hbond substituents is 1. The van der Waals surface area contributed by atoms with Crippen LogP contribution in [0.2, 0.25) is 0 Å². The molecule has 1 fully saturated rings. The Morgan fingerprint density at radius 3 is 2.40 bits per heavy atom. The van der Waals surface area contributed by atoms with Crippen molar-refractivity contribution in [3.8, 4) is 5.75 Å². The fourth-order valence-corrected chi connectivity index (χ4v) is 3.43. The van der Waals surface area contributed by atoms with E-state index in [4.69, 9.17) is 0 Å². The number of aliphatic hydroxyl groups excluding tert-OH is 1. The third-order valence-corrected chi connectivity index (χ3v) is 4.75. The molecule has 2 rings (SSSR count). The van der Waals surface area contributed by atoms with Crippen LogP contribution in [0.1, 0.15) is 32.8 Å². The number of hydrogen-bond acceptors (Lipinski definition) is 6. The van der Waals surface area contributed by atoms with Crippen molar-refractivity contribution < 1.29 is 24.6 Å². The van der Waals surface area contributed by atoms with Crippen LogP contribution in [0.4, 0.5) is 0 Å². The second-order valence-corrected chi connectivity index (χ2v) is 7.43. The van der Waals surface area contributed by atoms with Crippen molar-refractivity contribution in [1.82, 2.24) is 5.32 Å². The molecule has 1 aliphatic rings. The maximum Gasteiger partial charge on any atom is 0.168 e. The summed E-state index contributed by atoms with van der Waals surface area (Å²) in [5.41, 5.74) is 0.257. The number of Topliss-reactive ketones (excluding diaryl/α,β-unsaturated/α-hetero) is 3. The van der Waals surface area contributed by atoms with Crippen LogP contribution in [0.15, 0.2) is 24.3 Å². The van der Waals surface area contributed by atoms with Crippen molar-refractivity contribution in [3.05, 3.63) is 29.8 Å². The number of rotatable bonds is 6.